The number of rotatable bonds is 18. The highest BCUT2D eigenvalue weighted by molar-refractivity contribution is 8.37. The Bertz CT molecular complexity index is 1580. The van der Waals surface area contributed by atoms with Crippen LogP contribution in [-0.4, -0.2) is 119 Å². The van der Waals surface area contributed by atoms with E-state index >= 15 is 0 Å². The van der Waals surface area contributed by atoms with Crippen molar-refractivity contribution in [2.75, 3.05) is 81.7 Å². The maximum absolute atomic E-state index is 11.3. The number of hydrogen-bond donors (Lipinski definition) is 4. The van der Waals surface area contributed by atoms with Gasteiger partial charge in [0.05, 0.1) is 38.1 Å². The summed E-state index contributed by atoms with van der Waals surface area (Å²) in [5, 5.41) is 17.9. The van der Waals surface area contributed by atoms with Gasteiger partial charge in [0.2, 0.25) is 6.57 Å². The topological polar surface area (TPSA) is 127 Å². The lowest BCUT2D eigenvalue weighted by Crippen LogP contribution is -2.28. The summed E-state index contributed by atoms with van der Waals surface area (Å²) in [7, 11) is 11.2. The van der Waals surface area contributed by atoms with Crippen molar-refractivity contribution in [3.05, 3.63) is 47.1 Å². The molecule has 11 nitrogen and oxygen atoms in total. The first-order valence-corrected chi connectivity index (χ1v) is 29.8. The third-order valence-corrected chi connectivity index (χ3v) is 20.8. The zero-order chi connectivity index (χ0) is 42.4. The molecule has 1 aromatic carbocycles. The van der Waals surface area contributed by atoms with Crippen LogP contribution in [-0.2, 0) is 56.1 Å². The third-order valence-electron chi connectivity index (χ3n) is 9.19. The molecule has 56 heavy (non-hydrogen) atoms. The summed E-state index contributed by atoms with van der Waals surface area (Å²) in [6, 6.07) is 4.04. The molecule has 3 aliphatic heterocycles. The first-order chi connectivity index (χ1) is 26.0. The van der Waals surface area contributed by atoms with Gasteiger partial charge >= 0.3 is 0 Å². The summed E-state index contributed by atoms with van der Waals surface area (Å²) < 4.78 is 27.3. The van der Waals surface area contributed by atoms with Crippen LogP contribution in [0.25, 0.3) is 0 Å². The summed E-state index contributed by atoms with van der Waals surface area (Å²) in [4.78, 5) is -2.13. The second-order valence-corrected chi connectivity index (χ2v) is 32.4. The average molecular weight is 958 g/mol. The maximum Gasteiger partial charge on any atom is 0.250 e. The van der Waals surface area contributed by atoms with E-state index in [0.717, 1.165) is 75.2 Å². The number of nitrogens with zero attached hydrogens (tertiary/aromatic N) is 3. The highest BCUT2D eigenvalue weighted by atomic mass is 35.9. The quantitative estimate of drug-likeness (QED) is 0.0484. The van der Waals surface area contributed by atoms with Crippen molar-refractivity contribution in [1.82, 2.24) is 24.2 Å². The molecular weight excluding hydrogens is 892 g/mol. The van der Waals surface area contributed by atoms with Gasteiger partial charge in [-0.15, -0.1) is 0 Å². The molecule has 5 rings (SSSR count). The van der Waals surface area contributed by atoms with Crippen molar-refractivity contribution in [3.8, 4) is 11.5 Å². The molecule has 3 saturated heterocycles. The Kier molecular flexibility index (Phi) is 23.6. The normalized spacial score (nSPS) is 24.6. The molecular formula is C36H66Cl3N6O5P3S3. The summed E-state index contributed by atoms with van der Waals surface area (Å²) >= 11 is 32.9. The van der Waals surface area contributed by atoms with Crippen molar-refractivity contribution < 1.29 is 23.8 Å². The third kappa shape index (κ3) is 20.1. The van der Waals surface area contributed by atoms with Crippen LogP contribution in [0.15, 0.2) is 35.9 Å². The van der Waals surface area contributed by atoms with Crippen LogP contribution in [0, 0.1) is 5.92 Å². The Morgan fingerprint density at radius 2 is 1.46 bits per heavy atom. The first-order valence-electron chi connectivity index (χ1n) is 18.9. The van der Waals surface area contributed by atoms with Crippen LogP contribution in [0.5, 0.6) is 11.5 Å². The summed E-state index contributed by atoms with van der Waals surface area (Å²) in [5.74, 6) is 1.28. The van der Waals surface area contributed by atoms with Crippen LogP contribution < -0.4 is 20.4 Å². The molecule has 20 heteroatoms. The second kappa shape index (κ2) is 25.0. The van der Waals surface area contributed by atoms with Crippen LogP contribution in [0.1, 0.15) is 69.9 Å². The number of nitrogens with one attached hydrogen (secondary N) is 2. The van der Waals surface area contributed by atoms with Gasteiger partial charge in [-0.2, -0.15) is 0 Å². The van der Waals surface area contributed by atoms with Crippen molar-refractivity contribution in [2.45, 2.75) is 83.5 Å². The van der Waals surface area contributed by atoms with Gasteiger partial charge in [0, 0.05) is 31.1 Å². The smallest absolute Gasteiger partial charge is 0.250 e. The zero-order valence-corrected chi connectivity index (χ0v) is 41.9. The largest absolute Gasteiger partial charge is 0.507 e. The highest BCUT2D eigenvalue weighted by Gasteiger charge is 2.34. The fraction of sp³-hybridized carbons (Fsp3) is 0.722. The first kappa shape index (κ1) is 52.9. The Hall–Kier alpha value is 0.760. The minimum atomic E-state index is -2.55. The molecule has 0 spiro atoms. The predicted molar refractivity (Wildman–Crippen MR) is 252 cm³/mol. The van der Waals surface area contributed by atoms with Crippen LogP contribution in [0.3, 0.4) is 0 Å². The standard InChI is InChI=1S/C26H41N2O3PS.C5H12ClN2OPS.C3H7NO.C2H6Cl2NPS/c1-7-8-9-10-20-14-24(29)26(23-13-19(4)11-12-22(23)18(2)3)25(15-20)31-32(33,28(5)6)27-16-21-17-30-21;1-8(2)10(6,11)7-3-5-4-9-5;4-1-3-2-5-3;1-5(2)6(3,4)7/h13-15,21-23,29H,2,7-12,16-17H2,1,3-6H3,(H,27,33);5H,3-4H2,1-2H3,(H,7,11);3H,1-2,4H2;1-2H3/t21?,22-,23+,32?;;;/m0.../s1. The summed E-state index contributed by atoms with van der Waals surface area (Å²) in [5.41, 5.74) is 7.54. The fourth-order valence-corrected chi connectivity index (χ4v) is 8.21. The number of phenols is 1. The summed E-state index contributed by atoms with van der Waals surface area (Å²) in [6.45, 7) is 12.8. The number of phenolic OH excluding ortho intramolecular Hbond substituents is 1. The van der Waals surface area contributed by atoms with Gasteiger partial charge in [-0.05, 0) is 141 Å². The fourth-order valence-electron chi connectivity index (χ4n) is 5.25. The van der Waals surface area contributed by atoms with E-state index in [0.29, 0.717) is 36.8 Å². The molecule has 5 N–H and O–H groups in total. The number of epoxide rings is 3. The minimum Gasteiger partial charge on any atom is -0.507 e. The molecule has 5 unspecified atom stereocenters. The number of halogens is 3. The van der Waals surface area contributed by atoms with Gasteiger partial charge in [-0.1, -0.05) is 77.3 Å². The van der Waals surface area contributed by atoms with Gasteiger partial charge in [0.1, 0.15) is 11.5 Å². The lowest BCUT2D eigenvalue weighted by atomic mass is 9.73. The Morgan fingerprint density at radius 1 is 0.929 bits per heavy atom. The highest BCUT2D eigenvalue weighted by Crippen LogP contribution is 2.58. The van der Waals surface area contributed by atoms with Gasteiger partial charge in [0.25, 0.3) is 0 Å². The predicted octanol–water partition coefficient (Wildman–Crippen LogP) is 8.89. The molecule has 4 aliphatic rings. The maximum atomic E-state index is 11.3. The molecule has 0 amide bonds. The van der Waals surface area contributed by atoms with Crippen molar-refractivity contribution in [2.24, 2.45) is 11.7 Å². The number of allylic oxidation sites excluding steroid dienone is 3. The van der Waals surface area contributed by atoms with E-state index in [9.17, 15) is 5.11 Å². The van der Waals surface area contributed by atoms with E-state index < -0.39 is 17.2 Å². The number of hydrogen-bond acceptors (Lipinski definition) is 9. The molecule has 7 atom stereocenters. The van der Waals surface area contributed by atoms with Crippen LogP contribution in [0.2, 0.25) is 0 Å². The minimum absolute atomic E-state index is 0.0216. The Labute approximate surface area is 367 Å². The monoisotopic (exact) mass is 956 g/mol. The lowest BCUT2D eigenvalue weighted by molar-refractivity contribution is 0.400. The number of unbranched alkanes of at least 4 members (excludes halogenated alkanes) is 2. The lowest BCUT2D eigenvalue weighted by Gasteiger charge is -2.35. The Morgan fingerprint density at radius 3 is 1.88 bits per heavy atom. The van der Waals surface area contributed by atoms with E-state index in [1.165, 1.54) is 12.0 Å². The number of aromatic hydroxyl groups is 1. The second-order valence-electron chi connectivity index (χ2n) is 14.9. The SMILES string of the molecule is C=C(C)[C@@H]1CCC(C)=C[C@H]1c1c(O)cc(CCCCC)cc1OP(=S)(NCC1CO1)N(C)C.CN(C)P(=S)(Cl)Cl.CN(C)P(=S)(Cl)NCC1CO1.NCC1CO1. The molecule has 1 aromatic rings. The average Bonchev–Trinajstić information content (AvgIpc) is 3.95. The summed E-state index contributed by atoms with van der Waals surface area (Å²) in [6.07, 6.45) is 9.66. The molecule has 3 fully saturated rings. The van der Waals surface area contributed by atoms with E-state index in [2.05, 4.69) is 61.5 Å². The molecule has 1 aliphatic carbocycles. The van der Waals surface area contributed by atoms with Gasteiger partial charge < -0.3 is 29.6 Å². The Balaban J connectivity index is 0.000000377. The van der Waals surface area contributed by atoms with Gasteiger partial charge in [0.15, 0.2) is 10.6 Å². The van der Waals surface area contributed by atoms with E-state index in [-0.39, 0.29) is 17.9 Å². The van der Waals surface area contributed by atoms with E-state index in [1.54, 1.807) is 18.8 Å². The van der Waals surface area contributed by atoms with Crippen LogP contribution >= 0.6 is 50.9 Å². The van der Waals surface area contributed by atoms with Crippen LogP contribution in [0.4, 0.5) is 0 Å². The number of benzene rings is 1. The number of ether oxygens (including phenoxy) is 3. The number of nitrogens with two attached hydrogens (primary N) is 1. The van der Waals surface area contributed by atoms with Crippen molar-refractivity contribution in [3.63, 3.8) is 0 Å². The van der Waals surface area contributed by atoms with E-state index in [4.69, 9.17) is 81.8 Å². The van der Waals surface area contributed by atoms with Gasteiger partial charge in [-0.25, -0.2) is 9.76 Å². The zero-order valence-electron chi connectivity index (χ0n) is 34.5. The van der Waals surface area contributed by atoms with Gasteiger partial charge in [-0.3, -0.25) is 14.4 Å². The van der Waals surface area contributed by atoms with Crippen molar-refractivity contribution >= 4 is 86.3 Å². The molecule has 0 radical (unpaired) electrons. The molecule has 3 heterocycles. The molecule has 0 bridgehead atoms. The molecule has 324 valence electrons. The number of aryl methyl sites for hydroxylation is 1. The van der Waals surface area contributed by atoms with E-state index in [1.807, 2.05) is 43.6 Å². The van der Waals surface area contributed by atoms with Crippen molar-refractivity contribution in [1.29, 1.82) is 0 Å². The molecule has 0 aromatic heterocycles. The molecule has 0 saturated carbocycles.